The van der Waals surface area contributed by atoms with E-state index in [1.54, 1.807) is 0 Å². The SMILES string of the molecule is C1=CC(c2cccc(-c3ccc(-c4nc(-c5ccccc5)nc(-c5ccc6c(c5)c5c7ccccc7ccc5n6-c5ccccc5)n4)cc3)c2)CC=C1C1(c2ccccc2)c2ccccc2-c2ccccc21. The monoisotopic (exact) mass is 918 g/mol. The van der Waals surface area contributed by atoms with E-state index in [1.807, 2.05) is 18.2 Å². The zero-order valence-electron chi connectivity index (χ0n) is 39.4. The fraction of sp³-hybridized carbons (Fsp3) is 0.0441. The maximum atomic E-state index is 5.23. The lowest BCUT2D eigenvalue weighted by atomic mass is 9.65. The van der Waals surface area contributed by atoms with Crippen LogP contribution in [-0.2, 0) is 5.41 Å². The summed E-state index contributed by atoms with van der Waals surface area (Å²) >= 11 is 0. The normalized spacial score (nSPS) is 14.6. The van der Waals surface area contributed by atoms with E-state index in [0.29, 0.717) is 17.5 Å². The van der Waals surface area contributed by atoms with Crippen molar-refractivity contribution >= 4 is 32.6 Å². The zero-order chi connectivity index (χ0) is 47.6. The lowest BCUT2D eigenvalue weighted by molar-refractivity contribution is 0.735. The third kappa shape index (κ3) is 6.71. The Morgan fingerprint density at radius 2 is 0.986 bits per heavy atom. The maximum Gasteiger partial charge on any atom is 0.164 e. The van der Waals surface area contributed by atoms with E-state index in [0.717, 1.165) is 50.8 Å². The van der Waals surface area contributed by atoms with Crippen molar-refractivity contribution in [3.05, 3.63) is 289 Å². The van der Waals surface area contributed by atoms with Gasteiger partial charge in [0.1, 0.15) is 0 Å². The largest absolute Gasteiger partial charge is 0.309 e. The summed E-state index contributed by atoms with van der Waals surface area (Å²) in [4.78, 5) is 15.5. The van der Waals surface area contributed by atoms with Crippen LogP contribution in [0.25, 0.3) is 94.7 Å². The fourth-order valence-electron chi connectivity index (χ4n) is 11.8. The minimum Gasteiger partial charge on any atom is -0.309 e. The maximum absolute atomic E-state index is 5.23. The molecule has 4 nitrogen and oxygen atoms in total. The average molecular weight is 919 g/mol. The first-order chi connectivity index (χ1) is 35.7. The Labute approximate surface area is 418 Å². The quantitative estimate of drug-likeness (QED) is 0.153. The molecule has 0 radical (unpaired) electrons. The van der Waals surface area contributed by atoms with Crippen molar-refractivity contribution < 1.29 is 0 Å². The van der Waals surface area contributed by atoms with E-state index < -0.39 is 0 Å². The Bertz CT molecular complexity index is 4070. The minimum atomic E-state index is -0.381. The molecule has 0 spiro atoms. The number of fused-ring (bicyclic) bond motifs is 8. The van der Waals surface area contributed by atoms with Crippen LogP contribution in [0.3, 0.4) is 0 Å². The van der Waals surface area contributed by atoms with Gasteiger partial charge >= 0.3 is 0 Å². The van der Waals surface area contributed by atoms with Crippen LogP contribution in [0, 0.1) is 0 Å². The van der Waals surface area contributed by atoms with Crippen molar-refractivity contribution in [2.45, 2.75) is 17.8 Å². The van der Waals surface area contributed by atoms with Crippen LogP contribution in [0.15, 0.2) is 266 Å². The van der Waals surface area contributed by atoms with Gasteiger partial charge in [0, 0.05) is 39.1 Å². The summed E-state index contributed by atoms with van der Waals surface area (Å²) in [5, 5.41) is 4.79. The predicted octanol–water partition coefficient (Wildman–Crippen LogP) is 16.8. The van der Waals surface area contributed by atoms with Gasteiger partial charge in [0.15, 0.2) is 17.5 Å². The van der Waals surface area contributed by atoms with Crippen LogP contribution in [-0.4, -0.2) is 19.5 Å². The van der Waals surface area contributed by atoms with Crippen molar-refractivity contribution in [1.82, 2.24) is 19.5 Å². The minimum absolute atomic E-state index is 0.251. The number of aromatic nitrogens is 4. The van der Waals surface area contributed by atoms with E-state index in [-0.39, 0.29) is 11.3 Å². The van der Waals surface area contributed by atoms with Gasteiger partial charge < -0.3 is 4.57 Å². The molecule has 0 fully saturated rings. The molecule has 0 aliphatic heterocycles. The van der Waals surface area contributed by atoms with Crippen LogP contribution in [0.5, 0.6) is 0 Å². The molecular weight excluding hydrogens is 873 g/mol. The first-order valence-corrected chi connectivity index (χ1v) is 24.9. The molecule has 10 aromatic carbocycles. The Kier molecular flexibility index (Phi) is 9.85. The molecular formula is C68H46N4. The molecule has 72 heavy (non-hydrogen) atoms. The molecule has 0 bridgehead atoms. The predicted molar refractivity (Wildman–Crippen MR) is 296 cm³/mol. The van der Waals surface area contributed by atoms with Gasteiger partial charge in [-0.1, -0.05) is 224 Å². The summed E-state index contributed by atoms with van der Waals surface area (Å²) in [6.45, 7) is 0. The lowest BCUT2D eigenvalue weighted by Crippen LogP contribution is -2.29. The molecule has 1 unspecified atom stereocenters. The molecule has 0 saturated heterocycles. The number of benzene rings is 10. The molecule has 4 heteroatoms. The smallest absolute Gasteiger partial charge is 0.164 e. The molecule has 12 aromatic rings. The van der Waals surface area contributed by atoms with Crippen LogP contribution >= 0.6 is 0 Å². The summed E-state index contributed by atoms with van der Waals surface area (Å²) in [5.41, 5.74) is 17.4. The van der Waals surface area contributed by atoms with E-state index in [4.69, 9.17) is 15.0 Å². The van der Waals surface area contributed by atoms with Gasteiger partial charge in [0.25, 0.3) is 0 Å². The van der Waals surface area contributed by atoms with Gasteiger partial charge in [0.2, 0.25) is 0 Å². The van der Waals surface area contributed by atoms with Gasteiger partial charge in [0.05, 0.1) is 16.4 Å². The molecule has 1 atom stereocenters. The van der Waals surface area contributed by atoms with E-state index in [1.165, 1.54) is 60.7 Å². The van der Waals surface area contributed by atoms with Crippen molar-refractivity contribution in [2.24, 2.45) is 0 Å². The molecule has 2 aromatic heterocycles. The van der Waals surface area contributed by atoms with Crippen LogP contribution in [0.1, 0.15) is 34.6 Å². The summed E-state index contributed by atoms with van der Waals surface area (Å²) in [7, 11) is 0. The average Bonchev–Trinajstić information content (AvgIpc) is 3.97. The third-order valence-corrected chi connectivity index (χ3v) is 15.1. The second kappa shape index (κ2) is 17.0. The standard InChI is InChI=1S/C68H46N4/c1-4-18-48(19-5-1)65-69-66(71-67(70-65)52-38-41-62-59(44-52)64-56-26-11-10-17-47(56)37-42-63(64)72(62)55-24-8-3-9-25-55)49-33-31-45(32-34-49)50-20-16-21-51(43-50)46-35-39-54(40-36-46)68(53-22-6-2-7-23-53)60-29-14-12-27-57(60)58-28-13-15-30-61(58)68/h1-35,37-44,46H,36H2. The molecule has 2 aliphatic carbocycles. The zero-order valence-corrected chi connectivity index (χ0v) is 39.4. The summed E-state index contributed by atoms with van der Waals surface area (Å²) in [5.74, 6) is 2.15. The summed E-state index contributed by atoms with van der Waals surface area (Å²) in [6, 6.07) is 87.3. The summed E-state index contributed by atoms with van der Waals surface area (Å²) < 4.78 is 2.36. The molecule has 0 amide bonds. The van der Waals surface area contributed by atoms with Crippen LogP contribution < -0.4 is 0 Å². The highest BCUT2D eigenvalue weighted by Gasteiger charge is 2.46. The Morgan fingerprint density at radius 3 is 1.69 bits per heavy atom. The second-order valence-electron chi connectivity index (χ2n) is 19.0. The van der Waals surface area contributed by atoms with Gasteiger partial charge in [-0.3, -0.25) is 0 Å². The first kappa shape index (κ1) is 41.7. The van der Waals surface area contributed by atoms with E-state index in [2.05, 4.69) is 247 Å². The van der Waals surface area contributed by atoms with Crippen molar-refractivity contribution in [3.8, 4) is 62.1 Å². The van der Waals surface area contributed by atoms with Crippen molar-refractivity contribution in [2.75, 3.05) is 0 Å². The molecule has 338 valence electrons. The highest BCUT2D eigenvalue weighted by molar-refractivity contribution is 6.21. The van der Waals surface area contributed by atoms with Gasteiger partial charge in [-0.25, -0.2) is 15.0 Å². The number of rotatable bonds is 8. The molecule has 0 saturated carbocycles. The molecule has 2 aliphatic rings. The Morgan fingerprint density at radius 1 is 0.417 bits per heavy atom. The topological polar surface area (TPSA) is 43.6 Å². The molecule has 2 heterocycles. The van der Waals surface area contributed by atoms with Crippen LogP contribution in [0.4, 0.5) is 0 Å². The van der Waals surface area contributed by atoms with Crippen LogP contribution in [0.2, 0.25) is 0 Å². The van der Waals surface area contributed by atoms with E-state index >= 15 is 0 Å². The fourth-order valence-corrected chi connectivity index (χ4v) is 11.8. The van der Waals surface area contributed by atoms with Crippen molar-refractivity contribution in [3.63, 3.8) is 0 Å². The highest BCUT2D eigenvalue weighted by atomic mass is 15.0. The number of hydrogen-bond acceptors (Lipinski definition) is 3. The first-order valence-electron chi connectivity index (χ1n) is 24.9. The summed E-state index contributed by atoms with van der Waals surface area (Å²) in [6.07, 6.45) is 8.23. The molecule has 0 N–H and O–H groups in total. The van der Waals surface area contributed by atoms with Gasteiger partial charge in [-0.2, -0.15) is 0 Å². The third-order valence-electron chi connectivity index (χ3n) is 15.1. The molecule has 14 rings (SSSR count). The number of para-hydroxylation sites is 1. The Balaban J connectivity index is 0.805. The number of allylic oxidation sites excluding steroid dienone is 4. The second-order valence-corrected chi connectivity index (χ2v) is 19.0. The van der Waals surface area contributed by atoms with Gasteiger partial charge in [-0.05, 0) is 104 Å². The van der Waals surface area contributed by atoms with Crippen molar-refractivity contribution in [1.29, 1.82) is 0 Å². The number of hydrogen-bond donors (Lipinski definition) is 0. The highest BCUT2D eigenvalue weighted by Crippen LogP contribution is 2.57. The Hall–Kier alpha value is -9.25. The number of nitrogens with zero attached hydrogens (tertiary/aromatic N) is 4. The lowest BCUT2D eigenvalue weighted by Gasteiger charge is -2.36. The van der Waals surface area contributed by atoms with Gasteiger partial charge in [-0.15, -0.1) is 0 Å². The van der Waals surface area contributed by atoms with E-state index in [9.17, 15) is 0 Å².